The van der Waals surface area contributed by atoms with Gasteiger partial charge < -0.3 is 40.3 Å². The fourth-order valence-electron chi connectivity index (χ4n) is 6.71. The predicted molar refractivity (Wildman–Crippen MR) is 230 cm³/mol. The average molecular weight is 790 g/mol. The number of carbonyl (C=O) groups excluding carboxylic acids is 1. The Bertz CT molecular complexity index is 1060. The van der Waals surface area contributed by atoms with Gasteiger partial charge in [-0.05, 0) is 64.2 Å². The first-order valence-electron chi connectivity index (χ1n) is 22.5. The highest BCUT2D eigenvalue weighted by Gasteiger charge is 2.44. The van der Waals surface area contributed by atoms with Crippen molar-refractivity contribution in [2.75, 3.05) is 13.2 Å². The Balaban J connectivity index is 2.41. The molecule has 1 heterocycles. The van der Waals surface area contributed by atoms with Crippen LogP contribution < -0.4 is 5.32 Å². The van der Waals surface area contributed by atoms with Crippen LogP contribution in [-0.2, 0) is 14.3 Å². The van der Waals surface area contributed by atoms with Gasteiger partial charge in [0.15, 0.2) is 6.29 Å². The molecule has 324 valence electrons. The molecule has 9 nitrogen and oxygen atoms in total. The average Bonchev–Trinajstić information content (AvgIpc) is 3.20. The van der Waals surface area contributed by atoms with Crippen LogP contribution in [0.15, 0.2) is 60.8 Å². The first-order chi connectivity index (χ1) is 27.3. The van der Waals surface area contributed by atoms with E-state index < -0.39 is 49.5 Å². The van der Waals surface area contributed by atoms with Crippen LogP contribution >= 0.6 is 0 Å². The molecule has 56 heavy (non-hydrogen) atoms. The lowest BCUT2D eigenvalue weighted by atomic mass is 9.99. The van der Waals surface area contributed by atoms with Gasteiger partial charge in [0.05, 0.1) is 25.4 Å². The Kier molecular flexibility index (Phi) is 34.5. The Labute approximate surface area is 341 Å². The predicted octanol–water partition coefficient (Wildman–Crippen LogP) is 9.22. The fourth-order valence-corrected chi connectivity index (χ4v) is 6.71. The monoisotopic (exact) mass is 790 g/mol. The summed E-state index contributed by atoms with van der Waals surface area (Å²) in [7, 11) is 0. The molecule has 0 aromatic heterocycles. The van der Waals surface area contributed by atoms with E-state index in [4.69, 9.17) is 9.47 Å². The minimum atomic E-state index is -1.57. The summed E-state index contributed by atoms with van der Waals surface area (Å²) in [5.74, 6) is -0.200. The third kappa shape index (κ3) is 27.5. The molecule has 1 fully saturated rings. The van der Waals surface area contributed by atoms with Gasteiger partial charge in [-0.25, -0.2) is 0 Å². The summed E-state index contributed by atoms with van der Waals surface area (Å²) in [6.07, 6.45) is 41.2. The van der Waals surface area contributed by atoms with Crippen molar-refractivity contribution in [1.82, 2.24) is 5.32 Å². The molecular weight excluding hydrogens is 707 g/mol. The summed E-state index contributed by atoms with van der Waals surface area (Å²) in [4.78, 5) is 12.9. The number of unbranched alkanes of at least 4 members (excludes halogenated alkanes) is 18. The normalized spacial score (nSPS) is 21.7. The van der Waals surface area contributed by atoms with Crippen LogP contribution in [0.1, 0.15) is 174 Å². The topological polar surface area (TPSA) is 149 Å². The van der Waals surface area contributed by atoms with Crippen LogP contribution in [0, 0.1) is 0 Å². The standard InChI is InChI=1S/C47H83NO8/c1-3-5-7-9-11-13-15-17-19-21-23-25-27-29-31-33-35-37-43(51)48-40(39-55-47-46(54)45(53)44(52)42(38-49)56-47)41(50)36-34-32-30-28-26-24-22-20-18-16-14-12-10-8-6-4-2/h5,7,11,13,17,19,26,28,34,36,40-42,44-47,49-50,52-54H,3-4,6,8-10,12,14-16,18,20-25,27,29-33,35,37-39H2,1-2H3,(H,48,51)/b7-5-,13-11-,19-17-,28-26+,36-34+. The van der Waals surface area contributed by atoms with E-state index in [-0.39, 0.29) is 12.5 Å². The zero-order valence-electron chi connectivity index (χ0n) is 35.4. The minimum Gasteiger partial charge on any atom is -0.394 e. The largest absolute Gasteiger partial charge is 0.394 e. The van der Waals surface area contributed by atoms with E-state index in [9.17, 15) is 30.3 Å². The van der Waals surface area contributed by atoms with Crippen LogP contribution in [0.3, 0.4) is 0 Å². The zero-order chi connectivity index (χ0) is 40.9. The maximum absolute atomic E-state index is 12.9. The summed E-state index contributed by atoms with van der Waals surface area (Å²) >= 11 is 0. The number of allylic oxidation sites excluding steroid dienone is 9. The van der Waals surface area contributed by atoms with Crippen LogP contribution in [0.25, 0.3) is 0 Å². The molecular formula is C47H83NO8. The van der Waals surface area contributed by atoms with E-state index in [1.54, 1.807) is 6.08 Å². The Morgan fingerprint density at radius 3 is 1.71 bits per heavy atom. The molecule has 1 aliphatic rings. The summed E-state index contributed by atoms with van der Waals surface area (Å²) in [6, 6.07) is -0.828. The maximum Gasteiger partial charge on any atom is 0.220 e. The Morgan fingerprint density at radius 1 is 0.625 bits per heavy atom. The number of ether oxygens (including phenoxy) is 2. The number of carbonyl (C=O) groups is 1. The van der Waals surface area contributed by atoms with Crippen molar-refractivity contribution in [1.29, 1.82) is 0 Å². The molecule has 7 unspecified atom stereocenters. The molecule has 0 aliphatic carbocycles. The molecule has 0 bridgehead atoms. The Morgan fingerprint density at radius 2 is 1.12 bits per heavy atom. The van der Waals surface area contributed by atoms with Crippen molar-refractivity contribution in [2.24, 2.45) is 0 Å². The van der Waals surface area contributed by atoms with Crippen LogP contribution in [0.4, 0.5) is 0 Å². The third-order valence-corrected chi connectivity index (χ3v) is 10.3. The quantitative estimate of drug-likeness (QED) is 0.0272. The summed E-state index contributed by atoms with van der Waals surface area (Å²) in [5.41, 5.74) is 0. The molecule has 6 N–H and O–H groups in total. The van der Waals surface area contributed by atoms with E-state index in [2.05, 4.69) is 67.8 Å². The van der Waals surface area contributed by atoms with Crippen molar-refractivity contribution >= 4 is 5.91 Å². The Hall–Kier alpha value is -2.11. The van der Waals surface area contributed by atoms with Gasteiger partial charge in [-0.3, -0.25) is 4.79 Å². The number of amides is 1. The van der Waals surface area contributed by atoms with Gasteiger partial charge in [0, 0.05) is 6.42 Å². The van der Waals surface area contributed by atoms with Crippen molar-refractivity contribution in [2.45, 2.75) is 217 Å². The van der Waals surface area contributed by atoms with Crippen molar-refractivity contribution < 1.29 is 39.8 Å². The van der Waals surface area contributed by atoms with Gasteiger partial charge in [-0.1, -0.05) is 164 Å². The van der Waals surface area contributed by atoms with E-state index in [1.807, 2.05) is 6.08 Å². The molecule has 0 radical (unpaired) electrons. The summed E-state index contributed by atoms with van der Waals surface area (Å²) in [5, 5.41) is 54.1. The number of aliphatic hydroxyl groups excluding tert-OH is 5. The number of nitrogens with one attached hydrogen (secondary N) is 1. The SMILES string of the molecule is CC/C=C\C/C=C\C/C=C\CCCCCCCCCC(=O)NC(COC1OC(CO)C(O)C(O)C1O)C(O)/C=C/CC/C=C/CCCCCCCCCCCC. The van der Waals surface area contributed by atoms with Gasteiger partial charge >= 0.3 is 0 Å². The molecule has 1 saturated heterocycles. The fraction of sp³-hybridized carbons (Fsp3) is 0.766. The van der Waals surface area contributed by atoms with Crippen molar-refractivity contribution in [3.8, 4) is 0 Å². The molecule has 0 aromatic carbocycles. The van der Waals surface area contributed by atoms with Crippen molar-refractivity contribution in [3.05, 3.63) is 60.8 Å². The highest BCUT2D eigenvalue weighted by Crippen LogP contribution is 2.22. The number of hydrogen-bond donors (Lipinski definition) is 6. The molecule has 0 aromatic rings. The van der Waals surface area contributed by atoms with E-state index in [0.29, 0.717) is 6.42 Å². The van der Waals surface area contributed by atoms with Gasteiger partial charge in [0.2, 0.25) is 5.91 Å². The van der Waals surface area contributed by atoms with Gasteiger partial charge in [-0.2, -0.15) is 0 Å². The molecule has 1 aliphatic heterocycles. The van der Waals surface area contributed by atoms with Crippen LogP contribution in [0.2, 0.25) is 0 Å². The lowest BCUT2D eigenvalue weighted by molar-refractivity contribution is -0.302. The maximum atomic E-state index is 12.9. The highest BCUT2D eigenvalue weighted by atomic mass is 16.7. The number of aliphatic hydroxyl groups is 5. The second-order valence-electron chi connectivity index (χ2n) is 15.5. The van der Waals surface area contributed by atoms with Gasteiger partial charge in [0.1, 0.15) is 24.4 Å². The molecule has 7 atom stereocenters. The molecule has 1 rings (SSSR count). The van der Waals surface area contributed by atoms with Crippen molar-refractivity contribution in [3.63, 3.8) is 0 Å². The van der Waals surface area contributed by atoms with Gasteiger partial charge in [0.25, 0.3) is 0 Å². The molecule has 0 spiro atoms. The second-order valence-corrected chi connectivity index (χ2v) is 15.5. The van der Waals surface area contributed by atoms with Crippen LogP contribution in [-0.4, -0.2) is 87.5 Å². The second kappa shape index (κ2) is 37.2. The first kappa shape index (κ1) is 51.9. The summed E-state index contributed by atoms with van der Waals surface area (Å²) in [6.45, 7) is 3.62. The third-order valence-electron chi connectivity index (χ3n) is 10.3. The lowest BCUT2D eigenvalue weighted by Crippen LogP contribution is -2.60. The van der Waals surface area contributed by atoms with E-state index in [0.717, 1.165) is 70.6 Å². The minimum absolute atomic E-state index is 0.200. The van der Waals surface area contributed by atoms with Crippen LogP contribution in [0.5, 0.6) is 0 Å². The van der Waals surface area contributed by atoms with Gasteiger partial charge in [-0.15, -0.1) is 0 Å². The zero-order valence-corrected chi connectivity index (χ0v) is 35.4. The lowest BCUT2D eigenvalue weighted by Gasteiger charge is -2.40. The summed E-state index contributed by atoms with van der Waals surface area (Å²) < 4.78 is 11.2. The number of rotatable bonds is 36. The highest BCUT2D eigenvalue weighted by molar-refractivity contribution is 5.76. The van der Waals surface area contributed by atoms with E-state index in [1.165, 1.54) is 83.5 Å². The smallest absolute Gasteiger partial charge is 0.220 e. The molecule has 0 saturated carbocycles. The number of hydrogen-bond acceptors (Lipinski definition) is 8. The first-order valence-corrected chi connectivity index (χ1v) is 22.5. The molecule has 1 amide bonds. The molecule has 9 heteroatoms. The van der Waals surface area contributed by atoms with E-state index >= 15 is 0 Å².